The number of amides is 2. The molecule has 2 amide bonds. The van der Waals surface area contributed by atoms with E-state index in [1.54, 1.807) is 0 Å². The lowest BCUT2D eigenvalue weighted by molar-refractivity contribution is -0.905. The third kappa shape index (κ3) is 6.19. The van der Waals surface area contributed by atoms with Gasteiger partial charge in [0.1, 0.15) is 0 Å². The van der Waals surface area contributed by atoms with Crippen LogP contribution >= 0.6 is 0 Å². The van der Waals surface area contributed by atoms with Crippen LogP contribution < -0.4 is 21.1 Å². The number of carboxylic acids is 1. The van der Waals surface area contributed by atoms with E-state index in [4.69, 9.17) is 5.73 Å². The summed E-state index contributed by atoms with van der Waals surface area (Å²) >= 11 is 0. The van der Waals surface area contributed by atoms with Crippen LogP contribution in [0.3, 0.4) is 0 Å². The lowest BCUT2D eigenvalue weighted by Gasteiger charge is -2.27. The van der Waals surface area contributed by atoms with Crippen molar-refractivity contribution in [2.75, 3.05) is 26.2 Å². The number of nitrogens with one attached hydrogen (secondary N) is 2. The van der Waals surface area contributed by atoms with Crippen LogP contribution in [0.15, 0.2) is 0 Å². The summed E-state index contributed by atoms with van der Waals surface area (Å²) in [6.07, 6.45) is 2.63. The molecule has 7 nitrogen and oxygen atoms in total. The highest BCUT2D eigenvalue weighted by Crippen LogP contribution is 2.07. The molecule has 0 aliphatic carbocycles. The normalized spacial score (nSPS) is 22.7. The smallest absolute Gasteiger partial charge is 0.220 e. The minimum Gasteiger partial charge on any atom is -0.548 e. The molecule has 108 valence electrons. The highest BCUT2D eigenvalue weighted by molar-refractivity contribution is 5.80. The molecule has 1 aliphatic rings. The summed E-state index contributed by atoms with van der Waals surface area (Å²) in [4.78, 5) is 33.8. The molecule has 1 fully saturated rings. The maximum atomic E-state index is 11.3. The van der Waals surface area contributed by atoms with Crippen molar-refractivity contribution in [2.24, 2.45) is 11.7 Å². The Morgan fingerprint density at radius 1 is 1.26 bits per heavy atom. The predicted octanol–water partition coefficient (Wildman–Crippen LogP) is -3.59. The van der Waals surface area contributed by atoms with Gasteiger partial charge in [-0.15, -0.1) is 0 Å². The van der Waals surface area contributed by atoms with Crippen molar-refractivity contribution in [1.29, 1.82) is 0 Å². The van der Waals surface area contributed by atoms with Crippen molar-refractivity contribution in [2.45, 2.75) is 25.7 Å². The summed E-state index contributed by atoms with van der Waals surface area (Å²) in [5.41, 5.74) is 5.26. The number of carbonyl (C=O) groups excluding carboxylic acids is 3. The first-order chi connectivity index (χ1) is 8.99. The van der Waals surface area contributed by atoms with Gasteiger partial charge in [-0.25, -0.2) is 0 Å². The zero-order valence-electron chi connectivity index (χ0n) is 10.9. The molecule has 7 heteroatoms. The number of likely N-dealkylation sites (tertiary alicyclic amines) is 1. The van der Waals surface area contributed by atoms with Gasteiger partial charge in [-0.3, -0.25) is 9.59 Å². The van der Waals surface area contributed by atoms with Gasteiger partial charge in [0.15, 0.2) is 0 Å². The average Bonchev–Trinajstić information content (AvgIpc) is 2.37. The van der Waals surface area contributed by atoms with E-state index in [9.17, 15) is 19.5 Å². The number of carboxylic acid groups (broad SMARTS) is 1. The third-order valence-corrected chi connectivity index (χ3v) is 3.46. The molecule has 1 heterocycles. The fraction of sp³-hybridized carbons (Fsp3) is 0.750. The number of nitrogens with two attached hydrogens (primary N) is 1. The molecule has 0 saturated carbocycles. The van der Waals surface area contributed by atoms with Crippen LogP contribution in [-0.4, -0.2) is 44.0 Å². The molecule has 1 rings (SSSR count). The van der Waals surface area contributed by atoms with Crippen LogP contribution in [0.5, 0.6) is 0 Å². The van der Waals surface area contributed by atoms with E-state index in [1.165, 1.54) is 4.90 Å². The first-order valence-electron chi connectivity index (χ1n) is 6.58. The quantitative estimate of drug-likeness (QED) is 0.444. The monoisotopic (exact) mass is 271 g/mol. The van der Waals surface area contributed by atoms with Gasteiger partial charge in [0, 0.05) is 31.6 Å². The van der Waals surface area contributed by atoms with Gasteiger partial charge in [-0.05, 0) is 0 Å². The van der Waals surface area contributed by atoms with Gasteiger partial charge >= 0.3 is 0 Å². The summed E-state index contributed by atoms with van der Waals surface area (Å²) < 4.78 is 0. The number of carbonyl (C=O) groups is 3. The number of hydrogen-bond donors (Lipinski definition) is 3. The maximum Gasteiger partial charge on any atom is 0.220 e. The topological polar surface area (TPSA) is 117 Å². The van der Waals surface area contributed by atoms with Crippen molar-refractivity contribution in [3.05, 3.63) is 0 Å². The zero-order chi connectivity index (χ0) is 14.3. The minimum absolute atomic E-state index is 0.00452. The Bertz CT molecular complexity index is 338. The van der Waals surface area contributed by atoms with Crippen molar-refractivity contribution >= 4 is 17.8 Å². The first kappa shape index (κ1) is 15.4. The van der Waals surface area contributed by atoms with E-state index in [0.29, 0.717) is 12.8 Å². The summed E-state index contributed by atoms with van der Waals surface area (Å²) in [7, 11) is 0. The van der Waals surface area contributed by atoms with Crippen molar-refractivity contribution < 1.29 is 24.4 Å². The standard InChI is InChI=1S/C12H21N3O4/c13-12(19)9-3-6-15(7-4-9)5-1-2-10(16)14-8-11(17)18/h9H,1-8H2,(H2,13,19)(H,14,16)(H,17,18). The minimum atomic E-state index is -1.28. The summed E-state index contributed by atoms with van der Waals surface area (Å²) in [6, 6.07) is 0. The second kappa shape index (κ2) is 7.73. The van der Waals surface area contributed by atoms with E-state index in [0.717, 1.165) is 32.5 Å². The van der Waals surface area contributed by atoms with Gasteiger partial charge in [0.05, 0.1) is 32.1 Å². The van der Waals surface area contributed by atoms with Crippen LogP contribution in [0.1, 0.15) is 25.7 Å². The molecule has 4 N–H and O–H groups in total. The highest BCUT2D eigenvalue weighted by Gasteiger charge is 2.25. The largest absolute Gasteiger partial charge is 0.548 e. The molecule has 0 atom stereocenters. The first-order valence-corrected chi connectivity index (χ1v) is 6.58. The van der Waals surface area contributed by atoms with Gasteiger partial charge in [0.25, 0.3) is 0 Å². The molecular weight excluding hydrogens is 250 g/mol. The van der Waals surface area contributed by atoms with Gasteiger partial charge in [0.2, 0.25) is 11.8 Å². The van der Waals surface area contributed by atoms with Gasteiger partial charge in [-0.1, -0.05) is 0 Å². The SMILES string of the molecule is NC(=O)C1CC[NH+](CCCC(=O)NCC(=O)[O-])CC1. The number of quaternary nitrogens is 1. The molecule has 0 unspecified atom stereocenters. The fourth-order valence-corrected chi connectivity index (χ4v) is 2.32. The van der Waals surface area contributed by atoms with Gasteiger partial charge < -0.3 is 25.9 Å². The highest BCUT2D eigenvalue weighted by atomic mass is 16.4. The Morgan fingerprint density at radius 2 is 1.89 bits per heavy atom. The number of rotatable bonds is 7. The molecule has 19 heavy (non-hydrogen) atoms. The second-order valence-electron chi connectivity index (χ2n) is 4.93. The average molecular weight is 271 g/mol. The van der Waals surface area contributed by atoms with Crippen molar-refractivity contribution in [1.82, 2.24) is 5.32 Å². The molecule has 0 bridgehead atoms. The number of primary amides is 1. The van der Waals surface area contributed by atoms with Crippen molar-refractivity contribution in [3.8, 4) is 0 Å². The molecule has 0 aromatic carbocycles. The van der Waals surface area contributed by atoms with E-state index in [-0.39, 0.29) is 17.7 Å². The van der Waals surface area contributed by atoms with E-state index < -0.39 is 12.5 Å². The molecule has 0 aromatic rings. The van der Waals surface area contributed by atoms with Crippen molar-refractivity contribution in [3.63, 3.8) is 0 Å². The molecule has 0 radical (unpaired) electrons. The summed E-state index contributed by atoms with van der Waals surface area (Å²) in [5, 5.41) is 12.4. The molecular formula is C12H21N3O4. The Labute approximate surface area is 112 Å². The van der Waals surface area contributed by atoms with Crippen LogP contribution in [-0.2, 0) is 14.4 Å². The maximum absolute atomic E-state index is 11.3. The molecule has 0 spiro atoms. The molecule has 1 aliphatic heterocycles. The Morgan fingerprint density at radius 3 is 2.42 bits per heavy atom. The summed E-state index contributed by atoms with van der Waals surface area (Å²) in [5.74, 6) is -1.78. The lowest BCUT2D eigenvalue weighted by Crippen LogP contribution is -3.13. The zero-order valence-corrected chi connectivity index (χ0v) is 10.9. The second-order valence-corrected chi connectivity index (χ2v) is 4.93. The van der Waals surface area contributed by atoms with Crippen LogP contribution in [0.4, 0.5) is 0 Å². The predicted molar refractivity (Wildman–Crippen MR) is 64.7 cm³/mol. The van der Waals surface area contributed by atoms with Crippen LogP contribution in [0.25, 0.3) is 0 Å². The van der Waals surface area contributed by atoms with E-state index in [1.807, 2.05) is 0 Å². The number of piperidine rings is 1. The van der Waals surface area contributed by atoms with Gasteiger partial charge in [-0.2, -0.15) is 0 Å². The molecule has 0 aromatic heterocycles. The van der Waals surface area contributed by atoms with Crippen LogP contribution in [0.2, 0.25) is 0 Å². The Hall–Kier alpha value is -1.63. The number of aliphatic carboxylic acids is 1. The Balaban J connectivity index is 2.09. The fourth-order valence-electron chi connectivity index (χ4n) is 2.32. The van der Waals surface area contributed by atoms with E-state index in [2.05, 4.69) is 5.32 Å². The number of hydrogen-bond acceptors (Lipinski definition) is 4. The van der Waals surface area contributed by atoms with Crippen LogP contribution in [0, 0.1) is 5.92 Å². The summed E-state index contributed by atoms with van der Waals surface area (Å²) in [6.45, 7) is 2.21. The third-order valence-electron chi connectivity index (χ3n) is 3.46. The molecule has 1 saturated heterocycles. The van der Waals surface area contributed by atoms with E-state index >= 15 is 0 Å². The Kier molecular flexibility index (Phi) is 6.27. The lowest BCUT2D eigenvalue weighted by atomic mass is 9.96.